The number of ether oxygens (including phenoxy) is 5. The Balaban J connectivity index is 1.54. The van der Waals surface area contributed by atoms with Crippen LogP contribution < -0.4 is 9.47 Å². The highest BCUT2D eigenvalue weighted by atomic mass is 16.9. The van der Waals surface area contributed by atoms with Gasteiger partial charge in [-0.3, -0.25) is 14.4 Å². The quantitative estimate of drug-likeness (QED) is 0.295. The first-order valence-electron chi connectivity index (χ1n) is 15.1. The van der Waals surface area contributed by atoms with E-state index in [-0.39, 0.29) is 28.7 Å². The summed E-state index contributed by atoms with van der Waals surface area (Å²) in [6.45, 7) is 17.4. The summed E-state index contributed by atoms with van der Waals surface area (Å²) < 4.78 is 30.2. The number of aryl methyl sites for hydroxylation is 1. The third-order valence-electron chi connectivity index (χ3n) is 11.2. The van der Waals surface area contributed by atoms with Gasteiger partial charge in [-0.15, -0.1) is 0 Å². The van der Waals surface area contributed by atoms with Gasteiger partial charge in [0.25, 0.3) is 0 Å². The van der Waals surface area contributed by atoms with E-state index in [0.29, 0.717) is 36.2 Å². The highest BCUT2D eigenvalue weighted by molar-refractivity contribution is 5.72. The normalized spacial score (nSPS) is 38.8. The molecule has 0 N–H and O–H groups in total. The van der Waals surface area contributed by atoms with E-state index < -0.39 is 23.1 Å². The molecule has 2 aliphatic carbocycles. The molecule has 8 heteroatoms. The van der Waals surface area contributed by atoms with E-state index in [1.807, 2.05) is 13.0 Å². The lowest BCUT2D eigenvalue weighted by atomic mass is 9.40. The molecule has 3 unspecified atom stereocenters. The maximum Gasteiger partial charge on any atom is 0.330 e. The van der Waals surface area contributed by atoms with Crippen molar-refractivity contribution in [1.29, 1.82) is 0 Å². The van der Waals surface area contributed by atoms with E-state index in [0.717, 1.165) is 43.2 Å². The number of fused-ring (bicyclic) bond motifs is 3. The van der Waals surface area contributed by atoms with Crippen LogP contribution in [0.4, 0.5) is 0 Å². The molecule has 1 aromatic rings. The molecule has 0 amide bonds. The van der Waals surface area contributed by atoms with Crippen LogP contribution in [0.25, 0.3) is 0 Å². The molecule has 4 fully saturated rings. The lowest BCUT2D eigenvalue weighted by Crippen LogP contribution is -2.67. The van der Waals surface area contributed by atoms with Crippen molar-refractivity contribution in [2.75, 3.05) is 0 Å². The fraction of sp³-hybridized carbons (Fsp3) is 0.727. The lowest BCUT2D eigenvalue weighted by molar-refractivity contribution is -0.364. The molecule has 2 bridgehead atoms. The Morgan fingerprint density at radius 1 is 0.854 bits per heavy atom. The van der Waals surface area contributed by atoms with Gasteiger partial charge in [-0.1, -0.05) is 20.8 Å². The van der Waals surface area contributed by atoms with Crippen molar-refractivity contribution in [3.05, 3.63) is 23.3 Å². The van der Waals surface area contributed by atoms with Gasteiger partial charge in [0.15, 0.2) is 0 Å². The summed E-state index contributed by atoms with van der Waals surface area (Å²) in [7, 11) is 0. The van der Waals surface area contributed by atoms with Gasteiger partial charge in [0, 0.05) is 27.2 Å². The van der Waals surface area contributed by atoms with Crippen LogP contribution in [0.2, 0.25) is 0 Å². The monoisotopic (exact) mass is 570 g/mol. The van der Waals surface area contributed by atoms with E-state index >= 15 is 0 Å². The maximum absolute atomic E-state index is 12.1. The zero-order valence-corrected chi connectivity index (χ0v) is 26.1. The van der Waals surface area contributed by atoms with Crippen LogP contribution >= 0.6 is 0 Å². The molecule has 2 heterocycles. The minimum Gasteiger partial charge on any atom is -0.427 e. The van der Waals surface area contributed by atoms with Gasteiger partial charge in [0.1, 0.15) is 17.1 Å². The number of benzene rings is 1. The molecule has 2 saturated heterocycles. The molecule has 226 valence electrons. The van der Waals surface area contributed by atoms with Crippen LogP contribution in [0, 0.1) is 35.5 Å². The first-order valence-corrected chi connectivity index (χ1v) is 15.1. The largest absolute Gasteiger partial charge is 0.427 e. The number of rotatable bonds is 5. The molecular weight excluding hydrogens is 524 g/mol. The fourth-order valence-corrected chi connectivity index (χ4v) is 9.47. The molecule has 41 heavy (non-hydrogen) atoms. The third kappa shape index (κ3) is 4.69. The van der Waals surface area contributed by atoms with Gasteiger partial charge in [0.05, 0.1) is 5.60 Å². The van der Waals surface area contributed by atoms with E-state index in [1.54, 1.807) is 6.07 Å². The molecule has 8 nitrogen and oxygen atoms in total. The Morgan fingerprint density at radius 2 is 1.51 bits per heavy atom. The van der Waals surface area contributed by atoms with Crippen molar-refractivity contribution in [2.24, 2.45) is 28.6 Å². The minimum atomic E-state index is -1.31. The van der Waals surface area contributed by atoms with Crippen LogP contribution in [-0.2, 0) is 35.0 Å². The molecule has 2 aliphatic heterocycles. The standard InChI is InChI=1S/C33H46O8/c1-19-16-25(37-21(3)34)17-24(28(19)38-22(4)35)18-31(9)20(2)10-13-30(8)26(31)11-14-32-27(30)12-15-33(41-32,39-23(5)36)40-29(32,6)7/h16-17,20,26-27H,10-15,18H2,1-9H3/t20-,26-,27-,30?,31?,32?,33+/m0/s1. The maximum atomic E-state index is 12.1. The summed E-state index contributed by atoms with van der Waals surface area (Å²) in [4.78, 5) is 35.9. The molecule has 4 aliphatic rings. The van der Waals surface area contributed by atoms with Crippen LogP contribution in [0.15, 0.2) is 12.1 Å². The van der Waals surface area contributed by atoms with Crippen molar-refractivity contribution >= 4 is 17.9 Å². The van der Waals surface area contributed by atoms with Gasteiger partial charge in [0.2, 0.25) is 0 Å². The number of hydrogen-bond donors (Lipinski definition) is 0. The van der Waals surface area contributed by atoms with E-state index in [9.17, 15) is 14.4 Å². The first kappa shape index (κ1) is 30.0. The number of carbonyl (C=O) groups excluding carboxylic acids is 3. The Labute approximate surface area is 243 Å². The average molecular weight is 571 g/mol. The smallest absolute Gasteiger partial charge is 0.330 e. The molecule has 0 radical (unpaired) electrons. The summed E-state index contributed by atoms with van der Waals surface area (Å²) in [5.74, 6) is -0.457. The van der Waals surface area contributed by atoms with Crippen molar-refractivity contribution < 1.29 is 38.1 Å². The number of hydrogen-bond acceptors (Lipinski definition) is 8. The van der Waals surface area contributed by atoms with Crippen LogP contribution in [0.3, 0.4) is 0 Å². The Bertz CT molecular complexity index is 1270. The van der Waals surface area contributed by atoms with Crippen molar-refractivity contribution in [3.63, 3.8) is 0 Å². The summed E-state index contributed by atoms with van der Waals surface area (Å²) in [6.07, 6.45) is 5.92. The zero-order valence-electron chi connectivity index (χ0n) is 26.1. The lowest BCUT2D eigenvalue weighted by Gasteiger charge is -2.66. The van der Waals surface area contributed by atoms with Crippen molar-refractivity contribution in [1.82, 2.24) is 0 Å². The van der Waals surface area contributed by atoms with Gasteiger partial charge in [-0.25, -0.2) is 0 Å². The third-order valence-corrected chi connectivity index (χ3v) is 11.2. The summed E-state index contributed by atoms with van der Waals surface area (Å²) in [6, 6.07) is 3.62. The topological polar surface area (TPSA) is 97.4 Å². The van der Waals surface area contributed by atoms with E-state index in [1.165, 1.54) is 20.8 Å². The van der Waals surface area contributed by atoms with Crippen molar-refractivity contribution in [2.45, 2.75) is 124 Å². The Kier molecular flexibility index (Phi) is 7.18. The SMILES string of the molecule is CC(=O)Oc1cc(C)c(OC(C)=O)c(CC2(C)[C@H]3CCC45O[C@@](OC(C)=O)(CC[C@H]4C3(C)CC[C@@H]2C)OC5(C)C)c1. The second-order valence-electron chi connectivity index (χ2n) is 14.1. The predicted octanol–water partition coefficient (Wildman–Crippen LogP) is 6.43. The molecule has 1 spiro atoms. The van der Waals surface area contributed by atoms with Crippen LogP contribution in [0.1, 0.15) is 105 Å². The molecule has 5 rings (SSSR count). The molecule has 7 atom stereocenters. The van der Waals surface area contributed by atoms with Gasteiger partial charge < -0.3 is 23.7 Å². The Hall–Kier alpha value is -2.45. The molecule has 1 aromatic carbocycles. The second-order valence-corrected chi connectivity index (χ2v) is 14.1. The van der Waals surface area contributed by atoms with Crippen LogP contribution in [-0.4, -0.2) is 35.1 Å². The zero-order chi connectivity index (χ0) is 30.2. The predicted molar refractivity (Wildman–Crippen MR) is 151 cm³/mol. The molecular formula is C33H46O8. The highest BCUT2D eigenvalue weighted by Crippen LogP contribution is 2.71. The van der Waals surface area contributed by atoms with E-state index in [4.69, 9.17) is 23.7 Å². The summed E-state index contributed by atoms with van der Waals surface area (Å²) in [5.41, 5.74) is 0.305. The van der Waals surface area contributed by atoms with Gasteiger partial charge in [-0.05, 0) is 111 Å². The summed E-state index contributed by atoms with van der Waals surface area (Å²) in [5, 5.41) is 0. The summed E-state index contributed by atoms with van der Waals surface area (Å²) >= 11 is 0. The van der Waals surface area contributed by atoms with E-state index in [2.05, 4.69) is 34.6 Å². The van der Waals surface area contributed by atoms with Gasteiger partial charge >= 0.3 is 23.9 Å². The Morgan fingerprint density at radius 3 is 2.15 bits per heavy atom. The van der Waals surface area contributed by atoms with Crippen LogP contribution in [0.5, 0.6) is 11.5 Å². The minimum absolute atomic E-state index is 0.0446. The number of carbonyl (C=O) groups is 3. The molecule has 2 saturated carbocycles. The second kappa shape index (κ2) is 9.80. The first-order chi connectivity index (χ1) is 19.0. The average Bonchev–Trinajstić information content (AvgIpc) is 2.98. The van der Waals surface area contributed by atoms with Crippen molar-refractivity contribution in [3.8, 4) is 11.5 Å². The highest BCUT2D eigenvalue weighted by Gasteiger charge is 2.75. The van der Waals surface area contributed by atoms with Gasteiger partial charge in [-0.2, -0.15) is 0 Å². The molecule has 0 aromatic heterocycles. The number of esters is 3. The fourth-order valence-electron chi connectivity index (χ4n) is 9.47.